The van der Waals surface area contributed by atoms with Crippen molar-refractivity contribution in [1.29, 1.82) is 0 Å². The number of rotatable bonds is 11. The van der Waals surface area contributed by atoms with Crippen molar-refractivity contribution in [1.82, 2.24) is 5.32 Å². The molecule has 0 radical (unpaired) electrons. The van der Waals surface area contributed by atoms with Crippen LogP contribution in [0.3, 0.4) is 0 Å². The monoisotopic (exact) mass is 649 g/mol. The van der Waals surface area contributed by atoms with Gasteiger partial charge in [-0.25, -0.2) is 0 Å². The summed E-state index contributed by atoms with van der Waals surface area (Å²) in [5, 5.41) is 7.27. The zero-order valence-corrected chi connectivity index (χ0v) is 25.8. The van der Waals surface area contributed by atoms with Gasteiger partial charge in [-0.05, 0) is 67.6 Å². The maximum Gasteiger partial charge on any atom is 0.416 e. The molecule has 46 heavy (non-hydrogen) atoms. The molecule has 0 aromatic heterocycles. The lowest BCUT2D eigenvalue weighted by atomic mass is 10.1. The summed E-state index contributed by atoms with van der Waals surface area (Å²) in [4.78, 5) is 40.0. The largest absolute Gasteiger partial charge is 0.493 e. The predicted molar refractivity (Wildman–Crippen MR) is 172 cm³/mol. The third-order valence-corrected chi connectivity index (χ3v) is 7.59. The highest BCUT2D eigenvalue weighted by Gasteiger charge is 2.30. The molecular formula is C34H30F3N3O5S. The molecule has 4 aromatic rings. The van der Waals surface area contributed by atoms with Crippen molar-refractivity contribution < 1.29 is 37.0 Å². The molecule has 0 aliphatic heterocycles. The van der Waals surface area contributed by atoms with E-state index in [1.54, 1.807) is 79.7 Å². The second-order valence-electron chi connectivity index (χ2n) is 9.77. The average Bonchev–Trinajstić information content (AvgIpc) is 3.04. The number of methoxy groups -OCH3 is 2. The Morgan fingerprint density at radius 2 is 1.48 bits per heavy atom. The van der Waals surface area contributed by atoms with Crippen LogP contribution in [0.5, 0.6) is 11.5 Å². The molecule has 0 aliphatic rings. The van der Waals surface area contributed by atoms with Crippen molar-refractivity contribution in [2.45, 2.75) is 23.2 Å². The Hall–Kier alpha value is -5.23. The van der Waals surface area contributed by atoms with Crippen molar-refractivity contribution in [2.24, 2.45) is 0 Å². The molecule has 238 valence electrons. The van der Waals surface area contributed by atoms with Gasteiger partial charge in [-0.3, -0.25) is 14.4 Å². The van der Waals surface area contributed by atoms with Gasteiger partial charge in [-0.15, -0.1) is 11.8 Å². The van der Waals surface area contributed by atoms with Gasteiger partial charge in [0, 0.05) is 27.4 Å². The van der Waals surface area contributed by atoms with Gasteiger partial charge in [0.05, 0.1) is 25.0 Å². The predicted octanol–water partition coefficient (Wildman–Crippen LogP) is 7.25. The summed E-state index contributed by atoms with van der Waals surface area (Å²) >= 11 is 1.15. The van der Waals surface area contributed by atoms with Crippen molar-refractivity contribution in [2.75, 3.05) is 24.9 Å². The van der Waals surface area contributed by atoms with Crippen LogP contribution in [-0.2, 0) is 15.8 Å². The van der Waals surface area contributed by atoms with E-state index in [0.717, 1.165) is 23.9 Å². The minimum absolute atomic E-state index is 0.0258. The maximum absolute atomic E-state index is 13.6. The van der Waals surface area contributed by atoms with Gasteiger partial charge in [-0.2, -0.15) is 13.2 Å². The smallest absolute Gasteiger partial charge is 0.416 e. The van der Waals surface area contributed by atoms with Crippen LogP contribution in [-0.4, -0.2) is 37.2 Å². The Bertz CT molecular complexity index is 1750. The Kier molecular flexibility index (Phi) is 11.1. The van der Waals surface area contributed by atoms with Crippen LogP contribution in [0.25, 0.3) is 6.08 Å². The zero-order valence-electron chi connectivity index (χ0n) is 25.0. The average molecular weight is 650 g/mol. The van der Waals surface area contributed by atoms with Crippen LogP contribution >= 0.6 is 11.8 Å². The maximum atomic E-state index is 13.6. The number of thioether (sulfide) groups is 1. The number of anilines is 2. The zero-order chi connectivity index (χ0) is 33.3. The fourth-order valence-corrected chi connectivity index (χ4v) is 5.17. The number of hydrogen-bond acceptors (Lipinski definition) is 6. The molecule has 0 heterocycles. The molecule has 1 atom stereocenters. The van der Waals surface area contributed by atoms with E-state index in [-0.39, 0.29) is 11.4 Å². The fraction of sp³-hybridized carbons (Fsp3) is 0.147. The van der Waals surface area contributed by atoms with Gasteiger partial charge in [0.15, 0.2) is 11.5 Å². The molecule has 0 spiro atoms. The SMILES string of the molecule is COc1cccc(/C=C(/NC(=O)c2ccccc2)C(=O)Nc2cccc(SC(C)C(=O)Nc3cccc(C(F)(F)F)c3)c2)c1OC. The van der Waals surface area contributed by atoms with Gasteiger partial charge in [0.25, 0.3) is 11.8 Å². The molecule has 0 aliphatic carbocycles. The quantitative estimate of drug-likeness (QED) is 0.117. The third-order valence-electron chi connectivity index (χ3n) is 6.49. The first kappa shape index (κ1) is 33.7. The van der Waals surface area contributed by atoms with Crippen LogP contribution in [0, 0.1) is 0 Å². The van der Waals surface area contributed by atoms with E-state index in [0.29, 0.717) is 33.2 Å². The standard InChI is InChI=1S/C34H30F3N3O5S/c1-21(31(41)38-25-14-8-13-24(19-25)34(35,36)37)46-27-16-9-15-26(20-27)39-33(43)28(40-32(42)22-10-5-4-6-11-22)18-23-12-7-17-29(44-2)30(23)45-3/h4-21H,1-3H3,(H,38,41)(H,39,43)(H,40,42)/b28-18+. The van der Waals surface area contributed by atoms with E-state index in [9.17, 15) is 27.6 Å². The van der Waals surface area contributed by atoms with E-state index in [4.69, 9.17) is 9.47 Å². The van der Waals surface area contributed by atoms with E-state index in [1.807, 2.05) is 0 Å². The Morgan fingerprint density at radius 3 is 2.15 bits per heavy atom. The number of benzene rings is 4. The summed E-state index contributed by atoms with van der Waals surface area (Å²) in [6, 6.07) is 24.6. The number of alkyl halides is 3. The van der Waals surface area contributed by atoms with Crippen molar-refractivity contribution in [3.8, 4) is 11.5 Å². The number of carbonyl (C=O) groups is 3. The number of amides is 3. The number of ether oxygens (including phenoxy) is 2. The Labute approximate surface area is 268 Å². The lowest BCUT2D eigenvalue weighted by Gasteiger charge is -2.15. The lowest BCUT2D eigenvalue weighted by Crippen LogP contribution is -2.30. The van der Waals surface area contributed by atoms with Gasteiger partial charge >= 0.3 is 6.18 Å². The van der Waals surface area contributed by atoms with E-state index >= 15 is 0 Å². The third kappa shape index (κ3) is 8.91. The first-order chi connectivity index (χ1) is 22.0. The topological polar surface area (TPSA) is 106 Å². The summed E-state index contributed by atoms with van der Waals surface area (Å²) in [7, 11) is 2.94. The molecule has 0 saturated heterocycles. The van der Waals surface area contributed by atoms with Crippen molar-refractivity contribution in [3.05, 3.63) is 119 Å². The second-order valence-corrected chi connectivity index (χ2v) is 11.2. The first-order valence-electron chi connectivity index (χ1n) is 13.8. The molecule has 12 heteroatoms. The summed E-state index contributed by atoms with van der Waals surface area (Å²) in [5.41, 5.74) is 0.273. The van der Waals surface area contributed by atoms with Gasteiger partial charge in [0.2, 0.25) is 5.91 Å². The number of nitrogens with one attached hydrogen (secondary N) is 3. The highest BCUT2D eigenvalue weighted by Crippen LogP contribution is 2.33. The molecule has 8 nitrogen and oxygen atoms in total. The normalized spacial score (nSPS) is 12.1. The van der Waals surface area contributed by atoms with E-state index in [1.165, 1.54) is 32.4 Å². The summed E-state index contributed by atoms with van der Waals surface area (Å²) in [6.07, 6.45) is -3.07. The lowest BCUT2D eigenvalue weighted by molar-refractivity contribution is -0.137. The molecule has 3 N–H and O–H groups in total. The van der Waals surface area contributed by atoms with Crippen LogP contribution in [0.2, 0.25) is 0 Å². The first-order valence-corrected chi connectivity index (χ1v) is 14.7. The summed E-state index contributed by atoms with van der Waals surface area (Å²) in [5.74, 6) is -0.846. The summed E-state index contributed by atoms with van der Waals surface area (Å²) in [6.45, 7) is 1.61. The van der Waals surface area contributed by atoms with Crippen molar-refractivity contribution in [3.63, 3.8) is 0 Å². The number of para-hydroxylation sites is 1. The van der Waals surface area contributed by atoms with Gasteiger partial charge in [-0.1, -0.05) is 42.5 Å². The highest BCUT2D eigenvalue weighted by atomic mass is 32.2. The minimum Gasteiger partial charge on any atom is -0.493 e. The molecule has 3 amide bonds. The fourth-order valence-electron chi connectivity index (χ4n) is 4.24. The van der Waals surface area contributed by atoms with Gasteiger partial charge < -0.3 is 25.4 Å². The van der Waals surface area contributed by atoms with E-state index < -0.39 is 34.7 Å². The summed E-state index contributed by atoms with van der Waals surface area (Å²) < 4.78 is 50.0. The van der Waals surface area contributed by atoms with Crippen molar-refractivity contribution >= 4 is 46.9 Å². The molecule has 0 bridgehead atoms. The van der Waals surface area contributed by atoms with Gasteiger partial charge in [0.1, 0.15) is 5.70 Å². The number of hydrogen-bond donors (Lipinski definition) is 3. The molecule has 0 saturated carbocycles. The Morgan fingerprint density at radius 1 is 0.804 bits per heavy atom. The van der Waals surface area contributed by atoms with E-state index in [2.05, 4.69) is 16.0 Å². The molecule has 1 unspecified atom stereocenters. The number of halogens is 3. The Balaban J connectivity index is 1.52. The van der Waals surface area contributed by atoms with Crippen LogP contribution in [0.4, 0.5) is 24.5 Å². The minimum atomic E-state index is -4.54. The number of carbonyl (C=O) groups excluding carboxylic acids is 3. The molecule has 4 aromatic carbocycles. The van der Waals surface area contributed by atoms with Crippen LogP contribution in [0.15, 0.2) is 108 Å². The molecule has 0 fully saturated rings. The highest BCUT2D eigenvalue weighted by molar-refractivity contribution is 8.00. The van der Waals surface area contributed by atoms with Crippen LogP contribution in [0.1, 0.15) is 28.4 Å². The molecular weight excluding hydrogens is 619 g/mol. The second kappa shape index (κ2) is 15.2. The van der Waals surface area contributed by atoms with Crippen LogP contribution < -0.4 is 25.4 Å². The molecule has 4 rings (SSSR count).